The van der Waals surface area contributed by atoms with Crippen LogP contribution in [0.1, 0.15) is 52.4 Å². The summed E-state index contributed by atoms with van der Waals surface area (Å²) in [7, 11) is 3.76. The van der Waals surface area contributed by atoms with Crippen molar-refractivity contribution in [3.63, 3.8) is 0 Å². The first-order valence-corrected chi connectivity index (χ1v) is 14.8. The van der Waals surface area contributed by atoms with Gasteiger partial charge >= 0.3 is 12.1 Å². The monoisotopic (exact) mass is 547 g/mol. The molecule has 5 rings (SSSR count). The van der Waals surface area contributed by atoms with Gasteiger partial charge in [0.1, 0.15) is 11.5 Å². The second kappa shape index (κ2) is 12.1. The second-order valence-electron chi connectivity index (χ2n) is 12.6. The number of amides is 4. The maximum absolute atomic E-state index is 13.4. The Morgan fingerprint density at radius 3 is 2.15 bits per heavy atom. The standard InChI is InChI=1S/C32H45N5O3/c1-32(2)18-14-25(15-19-32)36-20-16-27(22-36)35(4)31(39)37-21-17-26(23-37)34(3)30(38)33-24-10-12-29(13-11-24)40-28-8-6-5-7-9-28/h5-13,25-27H,14-23H2,1-4H3,(H,33,38)/t26-,27+/m0/s1. The van der Waals surface area contributed by atoms with E-state index in [2.05, 4.69) is 24.1 Å². The van der Waals surface area contributed by atoms with Gasteiger partial charge in [-0.2, -0.15) is 0 Å². The van der Waals surface area contributed by atoms with E-state index >= 15 is 0 Å². The first kappa shape index (κ1) is 28.3. The molecule has 3 fully saturated rings. The molecule has 1 N–H and O–H groups in total. The van der Waals surface area contributed by atoms with E-state index in [-0.39, 0.29) is 24.1 Å². The third kappa shape index (κ3) is 6.72. The van der Waals surface area contributed by atoms with Crippen LogP contribution in [0.4, 0.5) is 15.3 Å². The van der Waals surface area contributed by atoms with Crippen LogP contribution in [-0.4, -0.2) is 90.1 Å². The van der Waals surface area contributed by atoms with Crippen molar-refractivity contribution >= 4 is 17.7 Å². The fourth-order valence-electron chi connectivity index (χ4n) is 6.38. The first-order chi connectivity index (χ1) is 19.2. The van der Waals surface area contributed by atoms with Crippen LogP contribution in [0.3, 0.4) is 0 Å². The highest BCUT2D eigenvalue weighted by Gasteiger charge is 2.38. The van der Waals surface area contributed by atoms with E-state index in [0.717, 1.165) is 31.7 Å². The number of likely N-dealkylation sites (tertiary alicyclic amines) is 2. The van der Waals surface area contributed by atoms with E-state index < -0.39 is 0 Å². The topological polar surface area (TPSA) is 68.4 Å². The van der Waals surface area contributed by atoms with E-state index in [9.17, 15) is 9.59 Å². The lowest BCUT2D eigenvalue weighted by Gasteiger charge is -2.39. The van der Waals surface area contributed by atoms with Gasteiger partial charge in [-0.3, -0.25) is 4.90 Å². The van der Waals surface area contributed by atoms with Crippen LogP contribution in [0.25, 0.3) is 0 Å². The third-order valence-corrected chi connectivity index (χ3v) is 9.26. The molecule has 4 amide bonds. The van der Waals surface area contributed by atoms with Crippen molar-refractivity contribution in [1.29, 1.82) is 0 Å². The van der Waals surface area contributed by atoms with Gasteiger partial charge in [-0.1, -0.05) is 32.0 Å². The number of para-hydroxylation sites is 1. The van der Waals surface area contributed by atoms with Crippen LogP contribution < -0.4 is 10.1 Å². The zero-order valence-corrected chi connectivity index (χ0v) is 24.5. The SMILES string of the molecule is CN(C(=O)Nc1ccc(Oc2ccccc2)cc1)[C@H]1CCN(C(=O)N(C)[C@@H]2CCN(C3CCC(C)(C)CC3)C2)C1. The van der Waals surface area contributed by atoms with Gasteiger partial charge in [0, 0.05) is 58.0 Å². The number of hydrogen-bond acceptors (Lipinski definition) is 4. The lowest BCUT2D eigenvalue weighted by atomic mass is 9.75. The predicted octanol–water partition coefficient (Wildman–Crippen LogP) is 6.11. The Kier molecular flexibility index (Phi) is 8.54. The average Bonchev–Trinajstić information content (AvgIpc) is 3.64. The average molecular weight is 548 g/mol. The van der Waals surface area contributed by atoms with Crippen molar-refractivity contribution < 1.29 is 14.3 Å². The molecule has 216 valence electrons. The molecule has 1 saturated carbocycles. The number of nitrogens with one attached hydrogen (secondary N) is 1. The minimum absolute atomic E-state index is 0.0105. The molecule has 2 atom stereocenters. The Bertz CT molecular complexity index is 1140. The third-order valence-electron chi connectivity index (χ3n) is 9.26. The Balaban J connectivity index is 1.07. The summed E-state index contributed by atoms with van der Waals surface area (Å²) in [5.74, 6) is 1.48. The van der Waals surface area contributed by atoms with Crippen LogP contribution in [0.2, 0.25) is 0 Å². The molecule has 2 saturated heterocycles. The van der Waals surface area contributed by atoms with Gasteiger partial charge in [0.05, 0.1) is 6.04 Å². The molecule has 8 nitrogen and oxygen atoms in total. The summed E-state index contributed by atoms with van der Waals surface area (Å²) >= 11 is 0. The highest BCUT2D eigenvalue weighted by molar-refractivity contribution is 5.89. The number of urea groups is 2. The minimum atomic E-state index is -0.175. The number of benzene rings is 2. The van der Waals surface area contributed by atoms with Gasteiger partial charge in [-0.25, -0.2) is 9.59 Å². The van der Waals surface area contributed by atoms with Gasteiger partial charge in [0.15, 0.2) is 0 Å². The van der Waals surface area contributed by atoms with Crippen molar-refractivity contribution in [3.8, 4) is 11.5 Å². The van der Waals surface area contributed by atoms with Crippen molar-refractivity contribution in [2.45, 2.75) is 70.5 Å². The van der Waals surface area contributed by atoms with Gasteiger partial charge in [-0.05, 0) is 80.3 Å². The van der Waals surface area contributed by atoms with Crippen molar-refractivity contribution in [2.24, 2.45) is 5.41 Å². The molecule has 0 spiro atoms. The number of likely N-dealkylation sites (N-methyl/N-ethyl adjacent to an activating group) is 2. The number of ether oxygens (including phenoxy) is 1. The molecule has 2 aliphatic heterocycles. The summed E-state index contributed by atoms with van der Waals surface area (Å²) in [6.07, 6.45) is 6.94. The maximum Gasteiger partial charge on any atom is 0.321 e. The highest BCUT2D eigenvalue weighted by Crippen LogP contribution is 2.38. The van der Waals surface area contributed by atoms with Crippen molar-refractivity contribution in [3.05, 3.63) is 54.6 Å². The van der Waals surface area contributed by atoms with E-state index in [1.165, 1.54) is 25.7 Å². The summed E-state index contributed by atoms with van der Waals surface area (Å²) in [5, 5.41) is 2.97. The predicted molar refractivity (Wildman–Crippen MR) is 159 cm³/mol. The van der Waals surface area contributed by atoms with E-state index in [0.29, 0.717) is 36.0 Å². The van der Waals surface area contributed by atoms with Gasteiger partial charge in [-0.15, -0.1) is 0 Å². The van der Waals surface area contributed by atoms with Crippen LogP contribution in [0.5, 0.6) is 11.5 Å². The van der Waals surface area contributed by atoms with Crippen LogP contribution in [-0.2, 0) is 0 Å². The number of hydrogen-bond donors (Lipinski definition) is 1. The summed E-state index contributed by atoms with van der Waals surface area (Å²) in [6.45, 7) is 8.05. The first-order valence-electron chi connectivity index (χ1n) is 14.8. The number of rotatable bonds is 6. The molecule has 1 aliphatic carbocycles. The normalized spacial score (nSPS) is 23.1. The van der Waals surface area contributed by atoms with E-state index in [1.54, 1.807) is 4.90 Å². The van der Waals surface area contributed by atoms with E-state index in [1.807, 2.05) is 78.5 Å². The highest BCUT2D eigenvalue weighted by atomic mass is 16.5. The summed E-state index contributed by atoms with van der Waals surface area (Å²) < 4.78 is 5.83. The molecule has 2 aromatic rings. The molecule has 2 aromatic carbocycles. The molecule has 3 aliphatic rings. The largest absolute Gasteiger partial charge is 0.457 e. The lowest BCUT2D eigenvalue weighted by Crippen LogP contribution is -2.48. The second-order valence-corrected chi connectivity index (χ2v) is 12.6. The summed E-state index contributed by atoms with van der Waals surface area (Å²) in [4.78, 5) is 34.6. The maximum atomic E-state index is 13.4. The molecule has 0 bridgehead atoms. The molecule has 0 unspecified atom stereocenters. The molecule has 40 heavy (non-hydrogen) atoms. The van der Waals surface area contributed by atoms with Gasteiger partial charge in [0.25, 0.3) is 0 Å². The molecule has 0 aromatic heterocycles. The van der Waals surface area contributed by atoms with Gasteiger partial charge in [0.2, 0.25) is 0 Å². The molecular weight excluding hydrogens is 502 g/mol. The fraction of sp³-hybridized carbons (Fsp3) is 0.562. The number of anilines is 1. The van der Waals surface area contributed by atoms with Crippen LogP contribution in [0.15, 0.2) is 54.6 Å². The number of nitrogens with zero attached hydrogens (tertiary/aromatic N) is 4. The smallest absolute Gasteiger partial charge is 0.321 e. The number of carbonyl (C=O) groups is 2. The fourth-order valence-corrected chi connectivity index (χ4v) is 6.38. The van der Waals surface area contributed by atoms with Crippen LogP contribution in [0, 0.1) is 5.41 Å². The Hall–Kier alpha value is -3.26. The van der Waals surface area contributed by atoms with Crippen molar-refractivity contribution in [2.75, 3.05) is 45.6 Å². The van der Waals surface area contributed by atoms with Crippen molar-refractivity contribution in [1.82, 2.24) is 19.6 Å². The Morgan fingerprint density at radius 2 is 1.45 bits per heavy atom. The summed E-state index contributed by atoms with van der Waals surface area (Å²) in [6, 6.07) is 17.8. The van der Waals surface area contributed by atoms with Gasteiger partial charge < -0.3 is 24.8 Å². The van der Waals surface area contributed by atoms with Crippen LogP contribution >= 0.6 is 0 Å². The molecular formula is C32H45N5O3. The zero-order chi connectivity index (χ0) is 28.3. The van der Waals surface area contributed by atoms with E-state index in [4.69, 9.17) is 4.74 Å². The zero-order valence-electron chi connectivity index (χ0n) is 24.5. The quantitative estimate of drug-likeness (QED) is 0.474. The lowest BCUT2D eigenvalue weighted by molar-refractivity contribution is 0.116. The molecule has 0 radical (unpaired) electrons. The molecule has 8 heteroatoms. The summed E-state index contributed by atoms with van der Waals surface area (Å²) in [5.41, 5.74) is 1.18. The Labute approximate surface area is 239 Å². The minimum Gasteiger partial charge on any atom is -0.457 e. The molecule has 2 heterocycles. The Morgan fingerprint density at radius 1 is 0.825 bits per heavy atom. The number of carbonyl (C=O) groups excluding carboxylic acids is 2.